The molecular weight excluding hydrogens is 259 g/mol. The lowest BCUT2D eigenvalue weighted by atomic mass is 10.1. The van der Waals surface area contributed by atoms with Gasteiger partial charge in [0.1, 0.15) is 11.6 Å². The van der Waals surface area contributed by atoms with Gasteiger partial charge in [0.25, 0.3) is 5.91 Å². The standard InChI is InChI=1S/C15H11FN2O2/c1-20-12-5-3-11(4-6-12)18-15(19)13-7-2-10(9-17)8-14(13)16/h2-8H,1H3,(H,18,19). The molecular formula is C15H11FN2O2. The molecule has 0 aliphatic rings. The minimum Gasteiger partial charge on any atom is -0.497 e. The van der Waals surface area contributed by atoms with Crippen molar-refractivity contribution in [2.45, 2.75) is 0 Å². The van der Waals surface area contributed by atoms with Crippen LogP contribution in [0.3, 0.4) is 0 Å². The van der Waals surface area contributed by atoms with Crippen molar-refractivity contribution in [3.8, 4) is 11.8 Å². The van der Waals surface area contributed by atoms with Crippen LogP contribution in [0.15, 0.2) is 42.5 Å². The van der Waals surface area contributed by atoms with Crippen molar-refractivity contribution < 1.29 is 13.9 Å². The van der Waals surface area contributed by atoms with E-state index in [0.29, 0.717) is 11.4 Å². The van der Waals surface area contributed by atoms with E-state index in [-0.39, 0.29) is 11.1 Å². The molecule has 1 amide bonds. The van der Waals surface area contributed by atoms with Gasteiger partial charge >= 0.3 is 0 Å². The molecule has 0 heterocycles. The minimum absolute atomic E-state index is 0.111. The van der Waals surface area contributed by atoms with E-state index in [2.05, 4.69) is 5.32 Å². The van der Waals surface area contributed by atoms with Gasteiger partial charge in [0, 0.05) is 5.69 Å². The number of anilines is 1. The first kappa shape index (κ1) is 13.6. The second-order valence-electron chi connectivity index (χ2n) is 3.99. The van der Waals surface area contributed by atoms with Gasteiger partial charge in [-0.15, -0.1) is 0 Å². The quantitative estimate of drug-likeness (QED) is 0.932. The van der Waals surface area contributed by atoms with Crippen LogP contribution in [0.25, 0.3) is 0 Å². The highest BCUT2D eigenvalue weighted by molar-refractivity contribution is 6.04. The molecule has 1 N–H and O–H groups in total. The topological polar surface area (TPSA) is 62.1 Å². The Kier molecular flexibility index (Phi) is 3.96. The van der Waals surface area contributed by atoms with Gasteiger partial charge in [-0.25, -0.2) is 4.39 Å². The second-order valence-corrected chi connectivity index (χ2v) is 3.99. The summed E-state index contributed by atoms with van der Waals surface area (Å²) in [5.41, 5.74) is 0.586. The zero-order valence-corrected chi connectivity index (χ0v) is 10.7. The molecule has 20 heavy (non-hydrogen) atoms. The van der Waals surface area contributed by atoms with Crippen LogP contribution in [0.2, 0.25) is 0 Å². The summed E-state index contributed by atoms with van der Waals surface area (Å²) in [6.45, 7) is 0. The van der Waals surface area contributed by atoms with Crippen LogP contribution in [0.4, 0.5) is 10.1 Å². The maximum atomic E-state index is 13.7. The van der Waals surface area contributed by atoms with Gasteiger partial charge < -0.3 is 10.1 Å². The van der Waals surface area contributed by atoms with Crippen molar-refractivity contribution in [3.63, 3.8) is 0 Å². The average molecular weight is 270 g/mol. The first-order chi connectivity index (χ1) is 9.63. The Balaban J connectivity index is 2.17. The van der Waals surface area contributed by atoms with Gasteiger partial charge in [-0.05, 0) is 42.5 Å². The number of carbonyl (C=O) groups is 1. The first-order valence-electron chi connectivity index (χ1n) is 5.79. The lowest BCUT2D eigenvalue weighted by Gasteiger charge is -2.07. The van der Waals surface area contributed by atoms with Crippen LogP contribution in [-0.2, 0) is 0 Å². The summed E-state index contributed by atoms with van der Waals surface area (Å²) in [6, 6.07) is 12.2. The summed E-state index contributed by atoms with van der Waals surface area (Å²) in [4.78, 5) is 11.9. The van der Waals surface area contributed by atoms with Crippen LogP contribution < -0.4 is 10.1 Å². The fourth-order valence-corrected chi connectivity index (χ4v) is 1.64. The van der Waals surface area contributed by atoms with Crippen molar-refractivity contribution in [1.82, 2.24) is 0 Å². The molecule has 0 radical (unpaired) electrons. The lowest BCUT2D eigenvalue weighted by molar-refractivity contribution is 0.102. The Bertz CT molecular complexity index is 675. The fraction of sp³-hybridized carbons (Fsp3) is 0.0667. The molecule has 0 aliphatic carbocycles. The highest BCUT2D eigenvalue weighted by atomic mass is 19.1. The summed E-state index contributed by atoms with van der Waals surface area (Å²) in [5.74, 6) is -0.639. The summed E-state index contributed by atoms with van der Waals surface area (Å²) in [7, 11) is 1.54. The molecule has 4 nitrogen and oxygen atoms in total. The molecule has 0 atom stereocenters. The second kappa shape index (κ2) is 5.85. The third kappa shape index (κ3) is 2.93. The normalized spacial score (nSPS) is 9.65. The smallest absolute Gasteiger partial charge is 0.258 e. The van der Waals surface area contributed by atoms with Gasteiger partial charge in [0.05, 0.1) is 24.3 Å². The SMILES string of the molecule is COc1ccc(NC(=O)c2ccc(C#N)cc2F)cc1. The van der Waals surface area contributed by atoms with E-state index < -0.39 is 11.7 Å². The van der Waals surface area contributed by atoms with Crippen molar-refractivity contribution in [3.05, 3.63) is 59.4 Å². The summed E-state index contributed by atoms with van der Waals surface area (Å²) < 4.78 is 18.7. The number of amides is 1. The molecule has 2 aromatic rings. The molecule has 0 unspecified atom stereocenters. The van der Waals surface area contributed by atoms with Crippen LogP contribution in [0.5, 0.6) is 5.75 Å². The molecule has 0 saturated heterocycles. The third-order valence-electron chi connectivity index (χ3n) is 2.69. The number of ether oxygens (including phenoxy) is 1. The Hall–Kier alpha value is -2.87. The summed E-state index contributed by atoms with van der Waals surface area (Å²) >= 11 is 0. The van der Waals surface area contributed by atoms with Gasteiger partial charge in [-0.1, -0.05) is 0 Å². The number of benzene rings is 2. The summed E-state index contributed by atoms with van der Waals surface area (Å²) in [6.07, 6.45) is 0. The average Bonchev–Trinajstić information content (AvgIpc) is 2.47. The molecule has 0 bridgehead atoms. The van der Waals surface area contributed by atoms with Gasteiger partial charge in [-0.2, -0.15) is 5.26 Å². The number of nitriles is 1. The van der Waals surface area contributed by atoms with E-state index in [0.717, 1.165) is 6.07 Å². The van der Waals surface area contributed by atoms with Crippen molar-refractivity contribution in [1.29, 1.82) is 5.26 Å². The molecule has 0 fully saturated rings. The molecule has 0 aromatic heterocycles. The molecule has 5 heteroatoms. The van der Waals surface area contributed by atoms with E-state index in [1.165, 1.54) is 12.1 Å². The highest BCUT2D eigenvalue weighted by Crippen LogP contribution is 2.17. The number of halogens is 1. The zero-order valence-electron chi connectivity index (χ0n) is 10.7. The highest BCUT2D eigenvalue weighted by Gasteiger charge is 2.12. The molecule has 0 aliphatic heterocycles. The zero-order chi connectivity index (χ0) is 14.5. The first-order valence-corrected chi connectivity index (χ1v) is 5.79. The maximum absolute atomic E-state index is 13.7. The number of rotatable bonds is 3. The van der Waals surface area contributed by atoms with Crippen molar-refractivity contribution in [2.24, 2.45) is 0 Å². The number of nitrogens with one attached hydrogen (secondary N) is 1. The number of carbonyl (C=O) groups excluding carboxylic acids is 1. The minimum atomic E-state index is -0.727. The fourth-order valence-electron chi connectivity index (χ4n) is 1.64. The maximum Gasteiger partial charge on any atom is 0.258 e. The van der Waals surface area contributed by atoms with E-state index >= 15 is 0 Å². The van der Waals surface area contributed by atoms with Crippen LogP contribution >= 0.6 is 0 Å². The Morgan fingerprint density at radius 1 is 1.25 bits per heavy atom. The molecule has 2 rings (SSSR count). The molecule has 0 spiro atoms. The third-order valence-corrected chi connectivity index (χ3v) is 2.69. The Labute approximate surface area is 115 Å². The molecule has 2 aromatic carbocycles. The molecule has 100 valence electrons. The summed E-state index contributed by atoms with van der Waals surface area (Å²) in [5, 5.41) is 11.2. The number of methoxy groups -OCH3 is 1. The largest absolute Gasteiger partial charge is 0.497 e. The van der Waals surface area contributed by atoms with Gasteiger partial charge in [0.15, 0.2) is 0 Å². The Morgan fingerprint density at radius 3 is 2.50 bits per heavy atom. The number of hydrogen-bond donors (Lipinski definition) is 1. The predicted octanol–water partition coefficient (Wildman–Crippen LogP) is 2.96. The van der Waals surface area contributed by atoms with E-state index in [4.69, 9.17) is 10.00 Å². The van der Waals surface area contributed by atoms with E-state index in [9.17, 15) is 9.18 Å². The van der Waals surface area contributed by atoms with Crippen LogP contribution in [0.1, 0.15) is 15.9 Å². The van der Waals surface area contributed by atoms with Gasteiger partial charge in [0.2, 0.25) is 0 Å². The predicted molar refractivity (Wildman–Crippen MR) is 72.1 cm³/mol. The van der Waals surface area contributed by atoms with E-state index in [1.54, 1.807) is 31.4 Å². The monoisotopic (exact) mass is 270 g/mol. The van der Waals surface area contributed by atoms with Crippen LogP contribution in [0, 0.1) is 17.1 Å². The van der Waals surface area contributed by atoms with Crippen molar-refractivity contribution >= 4 is 11.6 Å². The van der Waals surface area contributed by atoms with E-state index in [1.807, 2.05) is 6.07 Å². The van der Waals surface area contributed by atoms with Crippen LogP contribution in [-0.4, -0.2) is 13.0 Å². The van der Waals surface area contributed by atoms with Gasteiger partial charge in [-0.3, -0.25) is 4.79 Å². The number of hydrogen-bond acceptors (Lipinski definition) is 3. The lowest BCUT2D eigenvalue weighted by Crippen LogP contribution is -2.13. The Morgan fingerprint density at radius 2 is 1.95 bits per heavy atom. The van der Waals surface area contributed by atoms with Crippen molar-refractivity contribution in [2.75, 3.05) is 12.4 Å². The molecule has 0 saturated carbocycles. The number of nitrogens with zero attached hydrogens (tertiary/aromatic N) is 1.